The number of hydrogen-bond donors (Lipinski definition) is 1. The van der Waals surface area contributed by atoms with Crippen LogP contribution in [0.2, 0.25) is 0 Å². The Kier molecular flexibility index (Phi) is 4.48. The van der Waals surface area contributed by atoms with Crippen LogP contribution in [0.4, 0.5) is 0 Å². The van der Waals surface area contributed by atoms with Crippen LogP contribution in [0.25, 0.3) is 0 Å². The zero-order chi connectivity index (χ0) is 10.6. The molecule has 0 radical (unpaired) electrons. The fourth-order valence-electron chi connectivity index (χ4n) is 1.29. The van der Waals surface area contributed by atoms with E-state index < -0.39 is 0 Å². The number of rotatable bonds is 5. The number of hydrogen-bond acceptors (Lipinski definition) is 3. The van der Waals surface area contributed by atoms with Gasteiger partial charge in [0.25, 0.3) is 0 Å². The Hall–Kier alpha value is -0.480. The zero-order valence-electron chi connectivity index (χ0n) is 9.37. The SMILES string of the molecule is CCNCC(C)Sc1cc(C)nn1C. The van der Waals surface area contributed by atoms with Gasteiger partial charge in [-0.1, -0.05) is 13.8 Å². The molecule has 0 bridgehead atoms. The molecule has 80 valence electrons. The molecule has 1 aromatic heterocycles. The van der Waals surface area contributed by atoms with Crippen LogP contribution in [-0.2, 0) is 7.05 Å². The van der Waals surface area contributed by atoms with E-state index in [-0.39, 0.29) is 0 Å². The Morgan fingerprint density at radius 1 is 1.64 bits per heavy atom. The van der Waals surface area contributed by atoms with E-state index in [1.165, 1.54) is 5.03 Å². The summed E-state index contributed by atoms with van der Waals surface area (Å²) in [6, 6.07) is 2.13. The highest BCUT2D eigenvalue weighted by Gasteiger charge is 2.07. The van der Waals surface area contributed by atoms with Gasteiger partial charge in [-0.2, -0.15) is 5.10 Å². The summed E-state index contributed by atoms with van der Waals surface area (Å²) in [7, 11) is 2.00. The summed E-state index contributed by atoms with van der Waals surface area (Å²) in [5.41, 5.74) is 1.09. The molecule has 0 saturated carbocycles. The largest absolute Gasteiger partial charge is 0.316 e. The lowest BCUT2D eigenvalue weighted by atomic mass is 10.5. The van der Waals surface area contributed by atoms with Crippen LogP contribution >= 0.6 is 11.8 Å². The minimum atomic E-state index is 0.588. The molecule has 0 fully saturated rings. The molecule has 1 rings (SSSR count). The first-order chi connectivity index (χ1) is 6.63. The molecule has 0 saturated heterocycles. The molecule has 1 heterocycles. The van der Waals surface area contributed by atoms with Gasteiger partial charge in [0.15, 0.2) is 0 Å². The summed E-state index contributed by atoms with van der Waals surface area (Å²) >= 11 is 1.87. The van der Waals surface area contributed by atoms with E-state index in [1.54, 1.807) is 0 Å². The third kappa shape index (κ3) is 3.35. The monoisotopic (exact) mass is 213 g/mol. The standard InChI is InChI=1S/C10H19N3S/c1-5-11-7-9(3)14-10-6-8(2)12-13(10)4/h6,9,11H,5,7H2,1-4H3. The first kappa shape index (κ1) is 11.6. The Balaban J connectivity index is 2.47. The molecule has 1 N–H and O–H groups in total. The van der Waals surface area contributed by atoms with Gasteiger partial charge in [-0.3, -0.25) is 4.68 Å². The predicted octanol–water partition coefficient (Wildman–Crippen LogP) is 1.82. The van der Waals surface area contributed by atoms with Gasteiger partial charge in [-0.25, -0.2) is 0 Å². The van der Waals surface area contributed by atoms with Gasteiger partial charge in [0.1, 0.15) is 0 Å². The molecule has 14 heavy (non-hydrogen) atoms. The van der Waals surface area contributed by atoms with Crippen molar-refractivity contribution < 1.29 is 0 Å². The van der Waals surface area contributed by atoms with Crippen molar-refractivity contribution in [2.45, 2.75) is 31.0 Å². The van der Waals surface area contributed by atoms with E-state index in [0.717, 1.165) is 18.8 Å². The summed E-state index contributed by atoms with van der Waals surface area (Å²) in [4.78, 5) is 0. The fraction of sp³-hybridized carbons (Fsp3) is 0.700. The fourth-order valence-corrected chi connectivity index (χ4v) is 2.34. The molecule has 1 aromatic rings. The van der Waals surface area contributed by atoms with E-state index in [2.05, 4.69) is 30.3 Å². The normalized spacial score (nSPS) is 13.1. The van der Waals surface area contributed by atoms with Gasteiger partial charge in [0, 0.05) is 18.8 Å². The minimum absolute atomic E-state index is 0.588. The highest BCUT2D eigenvalue weighted by molar-refractivity contribution is 7.99. The summed E-state index contributed by atoms with van der Waals surface area (Å²) < 4.78 is 1.95. The molecule has 0 aliphatic carbocycles. The van der Waals surface area contributed by atoms with Crippen molar-refractivity contribution in [2.75, 3.05) is 13.1 Å². The predicted molar refractivity (Wildman–Crippen MR) is 61.8 cm³/mol. The summed E-state index contributed by atoms with van der Waals surface area (Å²) in [6.07, 6.45) is 0. The number of aryl methyl sites for hydroxylation is 2. The van der Waals surface area contributed by atoms with Crippen molar-refractivity contribution in [1.82, 2.24) is 15.1 Å². The molecule has 3 nitrogen and oxygen atoms in total. The Morgan fingerprint density at radius 3 is 2.86 bits per heavy atom. The van der Waals surface area contributed by atoms with Crippen LogP contribution in [0.5, 0.6) is 0 Å². The van der Waals surface area contributed by atoms with E-state index in [0.29, 0.717) is 5.25 Å². The van der Waals surface area contributed by atoms with Crippen molar-refractivity contribution in [2.24, 2.45) is 7.05 Å². The van der Waals surface area contributed by atoms with Crippen molar-refractivity contribution in [3.8, 4) is 0 Å². The van der Waals surface area contributed by atoms with Crippen LogP contribution in [-0.4, -0.2) is 28.1 Å². The third-order valence-electron chi connectivity index (χ3n) is 1.96. The highest BCUT2D eigenvalue weighted by Crippen LogP contribution is 2.22. The van der Waals surface area contributed by atoms with Crippen LogP contribution < -0.4 is 5.32 Å². The van der Waals surface area contributed by atoms with Crippen LogP contribution in [0.3, 0.4) is 0 Å². The highest BCUT2D eigenvalue weighted by atomic mass is 32.2. The molecular formula is C10H19N3S. The second-order valence-electron chi connectivity index (χ2n) is 3.48. The Morgan fingerprint density at radius 2 is 2.36 bits per heavy atom. The maximum Gasteiger partial charge on any atom is 0.0942 e. The molecule has 1 unspecified atom stereocenters. The van der Waals surface area contributed by atoms with E-state index >= 15 is 0 Å². The molecule has 0 aliphatic heterocycles. The molecule has 0 amide bonds. The molecule has 4 heteroatoms. The second kappa shape index (κ2) is 5.41. The maximum atomic E-state index is 4.32. The summed E-state index contributed by atoms with van der Waals surface area (Å²) in [5, 5.41) is 9.50. The van der Waals surface area contributed by atoms with Gasteiger partial charge in [0.2, 0.25) is 0 Å². The number of aromatic nitrogens is 2. The number of thioether (sulfide) groups is 1. The van der Waals surface area contributed by atoms with Crippen molar-refractivity contribution in [1.29, 1.82) is 0 Å². The first-order valence-electron chi connectivity index (χ1n) is 5.01. The summed E-state index contributed by atoms with van der Waals surface area (Å²) in [6.45, 7) is 8.47. The molecule has 1 atom stereocenters. The zero-order valence-corrected chi connectivity index (χ0v) is 10.2. The smallest absolute Gasteiger partial charge is 0.0942 e. The third-order valence-corrected chi connectivity index (χ3v) is 3.16. The Labute approximate surface area is 90.3 Å². The first-order valence-corrected chi connectivity index (χ1v) is 5.89. The van der Waals surface area contributed by atoms with Crippen molar-refractivity contribution >= 4 is 11.8 Å². The van der Waals surface area contributed by atoms with Gasteiger partial charge in [-0.15, -0.1) is 11.8 Å². The quantitative estimate of drug-likeness (QED) is 0.757. The number of nitrogens with one attached hydrogen (secondary N) is 1. The van der Waals surface area contributed by atoms with Gasteiger partial charge < -0.3 is 5.32 Å². The van der Waals surface area contributed by atoms with E-state index in [9.17, 15) is 0 Å². The van der Waals surface area contributed by atoms with Gasteiger partial charge in [0.05, 0.1) is 10.7 Å². The topological polar surface area (TPSA) is 29.9 Å². The van der Waals surface area contributed by atoms with Crippen LogP contribution in [0.1, 0.15) is 19.5 Å². The average Bonchev–Trinajstić information content (AvgIpc) is 2.42. The van der Waals surface area contributed by atoms with E-state index in [1.807, 2.05) is 30.4 Å². The molecule has 0 aliphatic rings. The molecular weight excluding hydrogens is 194 g/mol. The molecule has 0 aromatic carbocycles. The lowest BCUT2D eigenvalue weighted by molar-refractivity contribution is 0.682. The second-order valence-corrected chi connectivity index (χ2v) is 4.94. The van der Waals surface area contributed by atoms with Crippen molar-refractivity contribution in [3.05, 3.63) is 11.8 Å². The van der Waals surface area contributed by atoms with Gasteiger partial charge >= 0.3 is 0 Å². The van der Waals surface area contributed by atoms with Gasteiger partial charge in [-0.05, 0) is 19.5 Å². The van der Waals surface area contributed by atoms with Crippen molar-refractivity contribution in [3.63, 3.8) is 0 Å². The average molecular weight is 213 g/mol. The number of nitrogens with zero attached hydrogens (tertiary/aromatic N) is 2. The molecule has 0 spiro atoms. The van der Waals surface area contributed by atoms with Crippen LogP contribution in [0.15, 0.2) is 11.1 Å². The minimum Gasteiger partial charge on any atom is -0.316 e. The van der Waals surface area contributed by atoms with Crippen LogP contribution in [0, 0.1) is 6.92 Å². The summed E-state index contributed by atoms with van der Waals surface area (Å²) in [5.74, 6) is 0. The van der Waals surface area contributed by atoms with E-state index in [4.69, 9.17) is 0 Å². The Bertz CT molecular complexity index is 283. The maximum absolute atomic E-state index is 4.32. The lowest BCUT2D eigenvalue weighted by Crippen LogP contribution is -2.22. The lowest BCUT2D eigenvalue weighted by Gasteiger charge is -2.10.